The number of aromatic nitrogens is 4. The van der Waals surface area contributed by atoms with E-state index in [1.54, 1.807) is 13.1 Å². The van der Waals surface area contributed by atoms with Gasteiger partial charge in [-0.05, 0) is 41.8 Å². The minimum absolute atomic E-state index is 0.0202. The van der Waals surface area contributed by atoms with Crippen LogP contribution in [0.5, 0.6) is 11.5 Å². The fraction of sp³-hybridized carbons (Fsp3) is 0.238. The van der Waals surface area contributed by atoms with Gasteiger partial charge in [-0.25, -0.2) is 14.0 Å². The molecule has 0 atom stereocenters. The molecule has 0 aliphatic carbocycles. The minimum atomic E-state index is -0.316. The summed E-state index contributed by atoms with van der Waals surface area (Å²) >= 11 is 0. The first-order chi connectivity index (χ1) is 13.3. The second-order valence-corrected chi connectivity index (χ2v) is 7.32. The highest BCUT2D eigenvalue weighted by atomic mass is 16.3. The summed E-state index contributed by atoms with van der Waals surface area (Å²) in [4.78, 5) is 12.8. The summed E-state index contributed by atoms with van der Waals surface area (Å²) in [5, 5.41) is 26.0. The molecule has 28 heavy (non-hydrogen) atoms. The lowest BCUT2D eigenvalue weighted by Crippen LogP contribution is -2.21. The van der Waals surface area contributed by atoms with Crippen LogP contribution >= 0.6 is 0 Å². The van der Waals surface area contributed by atoms with Crippen molar-refractivity contribution in [2.75, 3.05) is 0 Å². The molecule has 0 aliphatic heterocycles. The van der Waals surface area contributed by atoms with E-state index in [0.29, 0.717) is 22.6 Å². The highest BCUT2D eigenvalue weighted by molar-refractivity contribution is 5.82. The number of phenols is 2. The smallest absolute Gasteiger partial charge is 0.350 e. The van der Waals surface area contributed by atoms with Crippen LogP contribution in [0.2, 0.25) is 0 Å². The molecular formula is C21H22N4O3. The highest BCUT2D eigenvalue weighted by Crippen LogP contribution is 2.37. The topological polar surface area (TPSA) is 85.2 Å². The van der Waals surface area contributed by atoms with Crippen molar-refractivity contribution in [3.05, 3.63) is 58.6 Å². The molecule has 2 N–H and O–H groups in total. The van der Waals surface area contributed by atoms with Gasteiger partial charge < -0.3 is 14.8 Å². The molecule has 0 spiro atoms. The van der Waals surface area contributed by atoms with Crippen molar-refractivity contribution < 1.29 is 10.2 Å². The maximum absolute atomic E-state index is 12.8. The van der Waals surface area contributed by atoms with E-state index >= 15 is 0 Å². The van der Waals surface area contributed by atoms with Crippen LogP contribution in [0.4, 0.5) is 0 Å². The fourth-order valence-corrected chi connectivity index (χ4v) is 3.52. The molecule has 0 amide bonds. The molecule has 0 bridgehead atoms. The van der Waals surface area contributed by atoms with Crippen LogP contribution in [0, 0.1) is 0 Å². The lowest BCUT2D eigenvalue weighted by Gasteiger charge is -2.13. The van der Waals surface area contributed by atoms with Crippen LogP contribution in [-0.4, -0.2) is 29.1 Å². The molecule has 2 aromatic carbocycles. The number of nitrogens with zero attached hydrogens (tertiary/aromatic N) is 4. The van der Waals surface area contributed by atoms with Crippen LogP contribution in [-0.2, 0) is 14.1 Å². The zero-order valence-electron chi connectivity index (χ0n) is 16.2. The Kier molecular flexibility index (Phi) is 4.03. The Morgan fingerprint density at radius 3 is 2.46 bits per heavy atom. The van der Waals surface area contributed by atoms with E-state index < -0.39 is 0 Å². The first-order valence-corrected chi connectivity index (χ1v) is 9.05. The van der Waals surface area contributed by atoms with Gasteiger partial charge in [0.2, 0.25) is 0 Å². The van der Waals surface area contributed by atoms with E-state index in [0.717, 1.165) is 10.9 Å². The third kappa shape index (κ3) is 2.67. The average Bonchev–Trinajstić information content (AvgIpc) is 3.15. The van der Waals surface area contributed by atoms with Gasteiger partial charge in [-0.1, -0.05) is 13.8 Å². The normalized spacial score (nSPS) is 11.6. The van der Waals surface area contributed by atoms with Crippen LogP contribution in [0.25, 0.3) is 28.0 Å². The van der Waals surface area contributed by atoms with Crippen LogP contribution in [0.1, 0.15) is 25.3 Å². The Bertz CT molecular complexity index is 1260. The van der Waals surface area contributed by atoms with E-state index in [4.69, 9.17) is 0 Å². The standard InChI is InChI=1S/C21H22N4O3/c1-12(2)15-10-16(19(27)11-18(15)26)20-22-24(4)21(28)25(20)14-5-6-17-13(9-14)7-8-23(17)3/h5-12,26-27H,1-4H3. The third-order valence-corrected chi connectivity index (χ3v) is 5.06. The Morgan fingerprint density at radius 1 is 1.00 bits per heavy atom. The first-order valence-electron chi connectivity index (χ1n) is 9.05. The van der Waals surface area contributed by atoms with Crippen molar-refractivity contribution in [1.82, 2.24) is 18.9 Å². The largest absolute Gasteiger partial charge is 0.508 e. The molecular weight excluding hydrogens is 356 g/mol. The lowest BCUT2D eigenvalue weighted by atomic mass is 9.98. The summed E-state index contributed by atoms with van der Waals surface area (Å²) in [6.45, 7) is 3.90. The van der Waals surface area contributed by atoms with Crippen molar-refractivity contribution in [3.63, 3.8) is 0 Å². The van der Waals surface area contributed by atoms with Crippen LogP contribution in [0.15, 0.2) is 47.4 Å². The van der Waals surface area contributed by atoms with E-state index in [1.165, 1.54) is 15.3 Å². The second kappa shape index (κ2) is 6.30. The second-order valence-electron chi connectivity index (χ2n) is 7.32. The minimum Gasteiger partial charge on any atom is -0.508 e. The number of fused-ring (bicyclic) bond motifs is 1. The Labute approximate surface area is 161 Å². The van der Waals surface area contributed by atoms with Crippen molar-refractivity contribution in [3.8, 4) is 28.6 Å². The third-order valence-electron chi connectivity index (χ3n) is 5.06. The van der Waals surface area contributed by atoms with Gasteiger partial charge in [-0.15, -0.1) is 5.10 Å². The summed E-state index contributed by atoms with van der Waals surface area (Å²) in [5.74, 6) is 0.257. The van der Waals surface area contributed by atoms with Gasteiger partial charge in [0.25, 0.3) is 0 Å². The SMILES string of the molecule is CC(C)c1cc(-c2nn(C)c(=O)n2-c2ccc3c(ccn3C)c2)c(O)cc1O. The Morgan fingerprint density at radius 2 is 1.75 bits per heavy atom. The number of hydrogen-bond donors (Lipinski definition) is 2. The Hall–Kier alpha value is -3.48. The molecule has 0 fully saturated rings. The van der Waals surface area contributed by atoms with Gasteiger partial charge in [0.1, 0.15) is 11.5 Å². The zero-order valence-corrected chi connectivity index (χ0v) is 16.2. The number of phenolic OH excluding ortho intramolecular Hbond substituents is 2. The summed E-state index contributed by atoms with van der Waals surface area (Å²) in [6, 6.07) is 10.7. The number of rotatable bonds is 3. The zero-order chi connectivity index (χ0) is 20.2. The fourth-order valence-electron chi connectivity index (χ4n) is 3.52. The van der Waals surface area contributed by atoms with Crippen molar-refractivity contribution in [1.29, 1.82) is 0 Å². The summed E-state index contributed by atoms with van der Waals surface area (Å²) in [5.41, 5.74) is 2.47. The molecule has 0 unspecified atom stereocenters. The van der Waals surface area contributed by atoms with Gasteiger partial charge in [0.15, 0.2) is 5.82 Å². The maximum Gasteiger partial charge on any atom is 0.350 e. The lowest BCUT2D eigenvalue weighted by molar-refractivity contribution is 0.444. The molecule has 0 saturated carbocycles. The Balaban J connectivity index is 1.99. The monoisotopic (exact) mass is 378 g/mol. The van der Waals surface area contributed by atoms with Gasteiger partial charge in [-0.2, -0.15) is 0 Å². The predicted octanol–water partition coefficient (Wildman–Crippen LogP) is 3.26. The van der Waals surface area contributed by atoms with E-state index in [-0.39, 0.29) is 23.1 Å². The first kappa shape index (κ1) is 17.9. The van der Waals surface area contributed by atoms with E-state index in [1.807, 2.05) is 55.9 Å². The van der Waals surface area contributed by atoms with E-state index in [2.05, 4.69) is 5.10 Å². The molecule has 4 aromatic rings. The quantitative estimate of drug-likeness (QED) is 0.573. The molecule has 144 valence electrons. The molecule has 7 nitrogen and oxygen atoms in total. The van der Waals surface area contributed by atoms with Gasteiger partial charge >= 0.3 is 5.69 Å². The molecule has 0 saturated heterocycles. The van der Waals surface area contributed by atoms with Gasteiger partial charge in [-0.3, -0.25) is 0 Å². The predicted molar refractivity (Wildman–Crippen MR) is 108 cm³/mol. The molecule has 0 radical (unpaired) electrons. The summed E-state index contributed by atoms with van der Waals surface area (Å²) < 4.78 is 4.72. The van der Waals surface area contributed by atoms with Crippen molar-refractivity contribution in [2.45, 2.75) is 19.8 Å². The average molecular weight is 378 g/mol. The molecule has 2 heterocycles. The number of hydrogen-bond acceptors (Lipinski definition) is 4. The van der Waals surface area contributed by atoms with E-state index in [9.17, 15) is 15.0 Å². The highest BCUT2D eigenvalue weighted by Gasteiger charge is 2.21. The maximum atomic E-state index is 12.8. The van der Waals surface area contributed by atoms with Crippen LogP contribution in [0.3, 0.4) is 0 Å². The van der Waals surface area contributed by atoms with Gasteiger partial charge in [0, 0.05) is 37.3 Å². The number of aryl methyl sites for hydroxylation is 2. The molecule has 0 aliphatic rings. The molecule has 2 aromatic heterocycles. The number of aromatic hydroxyl groups is 2. The number of benzene rings is 2. The van der Waals surface area contributed by atoms with Crippen molar-refractivity contribution >= 4 is 10.9 Å². The van der Waals surface area contributed by atoms with Gasteiger partial charge in [0.05, 0.1) is 11.3 Å². The molecule has 7 heteroatoms. The summed E-state index contributed by atoms with van der Waals surface area (Å²) in [6.07, 6.45) is 1.96. The van der Waals surface area contributed by atoms with Crippen molar-refractivity contribution in [2.24, 2.45) is 14.1 Å². The molecule has 4 rings (SSSR count). The summed E-state index contributed by atoms with van der Waals surface area (Å²) in [7, 11) is 3.54. The van der Waals surface area contributed by atoms with Crippen LogP contribution < -0.4 is 5.69 Å².